The van der Waals surface area contributed by atoms with Crippen molar-refractivity contribution in [3.8, 4) is 0 Å². The molecule has 0 radical (unpaired) electrons. The zero-order valence-electron chi connectivity index (χ0n) is 14.7. The summed E-state index contributed by atoms with van der Waals surface area (Å²) in [6.45, 7) is 7.83. The topological polar surface area (TPSA) is 36.9 Å². The Morgan fingerprint density at radius 2 is 2.16 bits per heavy atom. The van der Waals surface area contributed by atoms with E-state index in [1.165, 1.54) is 17.7 Å². The van der Waals surface area contributed by atoms with E-state index >= 15 is 0 Å². The highest BCUT2D eigenvalue weighted by molar-refractivity contribution is 14.0. The van der Waals surface area contributed by atoms with Crippen LogP contribution < -0.4 is 5.32 Å². The molecule has 2 aliphatic heterocycles. The van der Waals surface area contributed by atoms with Crippen LogP contribution in [0.25, 0.3) is 0 Å². The monoisotopic (exact) mass is 495 g/mol. The highest BCUT2D eigenvalue weighted by atomic mass is 127. The minimum atomic E-state index is 0. The fourth-order valence-corrected chi connectivity index (χ4v) is 4.23. The second-order valence-electron chi connectivity index (χ2n) is 6.51. The van der Waals surface area contributed by atoms with Crippen molar-refractivity contribution in [2.75, 3.05) is 45.1 Å². The standard InChI is InChI=1S/C18H26ClN3OS.HI/c1-2-20-17(22-10-7-18(13-22)8-11-23-14-18)21-9-12-24-16-5-3-15(19)4-6-16;/h3-6H,2,7-14H2,1H3,(H,20,21);1H. The molecule has 7 heteroatoms. The molecule has 1 aromatic rings. The van der Waals surface area contributed by atoms with Gasteiger partial charge in [-0.05, 0) is 44.0 Å². The summed E-state index contributed by atoms with van der Waals surface area (Å²) in [5, 5.41) is 4.23. The lowest BCUT2D eigenvalue weighted by Crippen LogP contribution is -2.41. The Morgan fingerprint density at radius 1 is 1.36 bits per heavy atom. The van der Waals surface area contributed by atoms with Crippen molar-refractivity contribution in [2.24, 2.45) is 10.4 Å². The average Bonchev–Trinajstić information content (AvgIpc) is 3.22. The van der Waals surface area contributed by atoms with E-state index in [-0.39, 0.29) is 24.0 Å². The lowest BCUT2D eigenvalue weighted by Gasteiger charge is -2.24. The minimum Gasteiger partial charge on any atom is -0.381 e. The molecule has 4 nitrogen and oxygen atoms in total. The smallest absolute Gasteiger partial charge is 0.193 e. The van der Waals surface area contributed by atoms with E-state index in [0.29, 0.717) is 5.41 Å². The summed E-state index contributed by atoms with van der Waals surface area (Å²) in [5.74, 6) is 2.02. The normalized spacial score (nSPS) is 23.1. The number of aliphatic imine (C=N–C) groups is 1. The molecule has 0 aromatic heterocycles. The third-order valence-electron chi connectivity index (χ3n) is 4.69. The predicted octanol–water partition coefficient (Wildman–Crippen LogP) is 4.13. The van der Waals surface area contributed by atoms with Gasteiger partial charge in [-0.1, -0.05) is 11.6 Å². The van der Waals surface area contributed by atoms with Gasteiger partial charge in [-0.15, -0.1) is 35.7 Å². The lowest BCUT2D eigenvalue weighted by atomic mass is 9.87. The van der Waals surface area contributed by atoms with E-state index in [2.05, 4.69) is 29.3 Å². The Hall–Kier alpha value is -0.180. The van der Waals surface area contributed by atoms with E-state index in [0.717, 1.165) is 56.1 Å². The Balaban J connectivity index is 0.00000225. The van der Waals surface area contributed by atoms with Crippen LogP contribution >= 0.6 is 47.3 Å². The average molecular weight is 496 g/mol. The molecule has 2 aliphatic rings. The Morgan fingerprint density at radius 3 is 2.84 bits per heavy atom. The van der Waals surface area contributed by atoms with E-state index < -0.39 is 0 Å². The minimum absolute atomic E-state index is 0. The van der Waals surface area contributed by atoms with Gasteiger partial charge in [-0.3, -0.25) is 4.99 Å². The first-order valence-electron chi connectivity index (χ1n) is 8.70. The van der Waals surface area contributed by atoms with Gasteiger partial charge in [0, 0.05) is 47.3 Å². The molecule has 25 heavy (non-hydrogen) atoms. The SMILES string of the molecule is CCNC(=NCCSc1ccc(Cl)cc1)N1CCC2(CCOC2)C1.I. The second-order valence-corrected chi connectivity index (χ2v) is 8.12. The summed E-state index contributed by atoms with van der Waals surface area (Å²) in [4.78, 5) is 8.47. The van der Waals surface area contributed by atoms with E-state index in [4.69, 9.17) is 21.3 Å². The van der Waals surface area contributed by atoms with Crippen molar-refractivity contribution < 1.29 is 4.74 Å². The Bertz CT molecular complexity index is 564. The summed E-state index contributed by atoms with van der Waals surface area (Å²) < 4.78 is 5.63. The molecule has 2 fully saturated rings. The molecule has 1 N–H and O–H groups in total. The van der Waals surface area contributed by atoms with Crippen LogP contribution in [-0.4, -0.2) is 56.0 Å². The van der Waals surface area contributed by atoms with Crippen LogP contribution in [0.3, 0.4) is 0 Å². The first-order chi connectivity index (χ1) is 11.7. The maximum Gasteiger partial charge on any atom is 0.193 e. The van der Waals surface area contributed by atoms with Crippen LogP contribution in [-0.2, 0) is 4.74 Å². The number of rotatable bonds is 5. The predicted molar refractivity (Wildman–Crippen MR) is 118 cm³/mol. The fourth-order valence-electron chi connectivity index (χ4n) is 3.36. The molecule has 1 aromatic carbocycles. The molecule has 0 saturated carbocycles. The summed E-state index contributed by atoms with van der Waals surface area (Å²) in [7, 11) is 0. The zero-order valence-corrected chi connectivity index (χ0v) is 18.6. The van der Waals surface area contributed by atoms with Crippen molar-refractivity contribution >= 4 is 53.3 Å². The summed E-state index contributed by atoms with van der Waals surface area (Å²) in [6.07, 6.45) is 2.41. The van der Waals surface area contributed by atoms with Crippen molar-refractivity contribution in [3.05, 3.63) is 29.3 Å². The number of guanidine groups is 1. The van der Waals surface area contributed by atoms with Gasteiger partial charge in [0.05, 0.1) is 13.2 Å². The highest BCUT2D eigenvalue weighted by Gasteiger charge is 2.42. The van der Waals surface area contributed by atoms with Crippen LogP contribution in [0, 0.1) is 5.41 Å². The Kier molecular flexibility index (Phi) is 8.64. The van der Waals surface area contributed by atoms with Crippen LogP contribution in [0.5, 0.6) is 0 Å². The van der Waals surface area contributed by atoms with Gasteiger partial charge in [-0.25, -0.2) is 0 Å². The summed E-state index contributed by atoms with van der Waals surface area (Å²) >= 11 is 7.74. The molecule has 0 bridgehead atoms. The molecule has 0 aliphatic carbocycles. The van der Waals surface area contributed by atoms with E-state index in [1.807, 2.05) is 23.9 Å². The number of hydrogen-bond acceptors (Lipinski definition) is 3. The molecule has 140 valence electrons. The number of thioether (sulfide) groups is 1. The molecule has 1 atom stereocenters. The number of likely N-dealkylation sites (tertiary alicyclic amines) is 1. The lowest BCUT2D eigenvalue weighted by molar-refractivity contribution is 0.156. The number of nitrogens with zero attached hydrogens (tertiary/aromatic N) is 2. The van der Waals surface area contributed by atoms with Crippen LogP contribution in [0.4, 0.5) is 0 Å². The summed E-state index contributed by atoms with van der Waals surface area (Å²) in [5.41, 5.74) is 0.369. The fraction of sp³-hybridized carbons (Fsp3) is 0.611. The molecule has 2 saturated heterocycles. The van der Waals surface area contributed by atoms with Crippen LogP contribution in [0.15, 0.2) is 34.2 Å². The molecule has 1 unspecified atom stereocenters. The first-order valence-corrected chi connectivity index (χ1v) is 10.1. The number of halogens is 2. The number of hydrogen-bond donors (Lipinski definition) is 1. The van der Waals surface area contributed by atoms with Gasteiger partial charge in [-0.2, -0.15) is 0 Å². The third-order valence-corrected chi connectivity index (χ3v) is 5.94. The molecule has 3 rings (SSSR count). The van der Waals surface area contributed by atoms with E-state index in [9.17, 15) is 0 Å². The molecule has 0 amide bonds. The molecular weight excluding hydrogens is 469 g/mol. The van der Waals surface area contributed by atoms with Crippen molar-refractivity contribution in [3.63, 3.8) is 0 Å². The molecule has 1 spiro atoms. The first kappa shape index (κ1) is 21.1. The van der Waals surface area contributed by atoms with Crippen LogP contribution in [0.2, 0.25) is 5.02 Å². The zero-order chi connectivity index (χ0) is 16.8. The van der Waals surface area contributed by atoms with Gasteiger partial charge in [0.1, 0.15) is 0 Å². The summed E-state index contributed by atoms with van der Waals surface area (Å²) in [6, 6.07) is 7.99. The third kappa shape index (κ3) is 5.91. The molecule has 2 heterocycles. The van der Waals surface area contributed by atoms with Crippen molar-refractivity contribution in [1.29, 1.82) is 0 Å². The van der Waals surface area contributed by atoms with Gasteiger partial charge >= 0.3 is 0 Å². The van der Waals surface area contributed by atoms with Crippen molar-refractivity contribution in [1.82, 2.24) is 10.2 Å². The van der Waals surface area contributed by atoms with Crippen LogP contribution in [0.1, 0.15) is 19.8 Å². The van der Waals surface area contributed by atoms with Gasteiger partial charge in [0.2, 0.25) is 0 Å². The highest BCUT2D eigenvalue weighted by Crippen LogP contribution is 2.38. The number of nitrogens with one attached hydrogen (secondary N) is 1. The quantitative estimate of drug-likeness (QED) is 0.219. The maximum atomic E-state index is 5.92. The second kappa shape index (κ2) is 10.2. The number of benzene rings is 1. The number of ether oxygens (including phenoxy) is 1. The van der Waals surface area contributed by atoms with Gasteiger partial charge < -0.3 is 15.0 Å². The van der Waals surface area contributed by atoms with Gasteiger partial charge in [0.15, 0.2) is 5.96 Å². The van der Waals surface area contributed by atoms with Gasteiger partial charge in [0.25, 0.3) is 0 Å². The maximum absolute atomic E-state index is 5.92. The Labute approximate surface area is 177 Å². The molecular formula is C18H27ClIN3OS. The largest absolute Gasteiger partial charge is 0.381 e. The van der Waals surface area contributed by atoms with E-state index in [1.54, 1.807) is 0 Å². The van der Waals surface area contributed by atoms with Crippen molar-refractivity contribution in [2.45, 2.75) is 24.7 Å².